The number of likely N-dealkylation sites (tertiary alicyclic amines) is 1. The number of aliphatic carboxylic acids is 2. The molecule has 0 spiro atoms. The van der Waals surface area contributed by atoms with Crippen LogP contribution < -0.4 is 5.32 Å². The van der Waals surface area contributed by atoms with Crippen LogP contribution >= 0.6 is 0 Å². The van der Waals surface area contributed by atoms with Gasteiger partial charge in [-0.05, 0) is 48.1 Å². The van der Waals surface area contributed by atoms with Crippen molar-refractivity contribution in [2.45, 2.75) is 38.2 Å². The molecule has 3 heterocycles. The highest BCUT2D eigenvalue weighted by Gasteiger charge is 2.42. The van der Waals surface area contributed by atoms with Gasteiger partial charge in [-0.2, -0.15) is 26.3 Å². The molecule has 1 saturated carbocycles. The van der Waals surface area contributed by atoms with Gasteiger partial charge in [0, 0.05) is 45.0 Å². The summed E-state index contributed by atoms with van der Waals surface area (Å²) in [5.41, 5.74) is 1.04. The molecule has 38 heavy (non-hydrogen) atoms. The van der Waals surface area contributed by atoms with Crippen LogP contribution in [0.2, 0.25) is 0 Å². The van der Waals surface area contributed by atoms with Crippen LogP contribution in [0.3, 0.4) is 0 Å². The van der Waals surface area contributed by atoms with Gasteiger partial charge in [-0.15, -0.1) is 0 Å². The van der Waals surface area contributed by atoms with E-state index in [1.54, 1.807) is 12.4 Å². The van der Waals surface area contributed by atoms with Crippen LogP contribution in [0.25, 0.3) is 0 Å². The third-order valence-electron chi connectivity index (χ3n) is 6.19. The minimum Gasteiger partial charge on any atom is -0.475 e. The average molecular weight is 557 g/mol. The first-order valence-electron chi connectivity index (χ1n) is 11.7. The largest absolute Gasteiger partial charge is 0.490 e. The molecule has 2 aliphatic heterocycles. The van der Waals surface area contributed by atoms with Crippen molar-refractivity contribution < 1.29 is 55.7 Å². The minimum atomic E-state index is -5.08. The lowest BCUT2D eigenvalue weighted by molar-refractivity contribution is -0.193. The van der Waals surface area contributed by atoms with Crippen molar-refractivity contribution >= 4 is 17.8 Å². The summed E-state index contributed by atoms with van der Waals surface area (Å²) < 4.78 is 69.3. The van der Waals surface area contributed by atoms with Gasteiger partial charge in [-0.25, -0.2) is 9.59 Å². The van der Waals surface area contributed by atoms with E-state index in [1.807, 2.05) is 12.1 Å². The third kappa shape index (κ3) is 11.2. The highest BCUT2D eigenvalue weighted by Crippen LogP contribution is 2.38. The number of hydrogen-bond donors (Lipinski definition) is 3. The molecular weight excluding hydrogens is 528 g/mol. The van der Waals surface area contributed by atoms with E-state index in [-0.39, 0.29) is 5.91 Å². The summed E-state index contributed by atoms with van der Waals surface area (Å²) in [6, 6.07) is 3.88. The molecule has 2 saturated heterocycles. The first-order chi connectivity index (χ1) is 17.7. The molecule has 1 aliphatic carbocycles. The number of pyridine rings is 1. The molecule has 15 heteroatoms. The van der Waals surface area contributed by atoms with E-state index < -0.39 is 24.3 Å². The minimum absolute atomic E-state index is 0.133. The number of hydrogen-bond acceptors (Lipinski definition) is 6. The molecule has 0 aromatic carbocycles. The first kappa shape index (κ1) is 31.3. The first-order valence-corrected chi connectivity index (χ1v) is 11.7. The molecule has 3 atom stereocenters. The number of nitrogens with one attached hydrogen (secondary N) is 1. The Bertz CT molecular complexity index is 902. The summed E-state index contributed by atoms with van der Waals surface area (Å²) in [5, 5.41) is 17.3. The second-order valence-corrected chi connectivity index (χ2v) is 9.33. The molecule has 1 aromatic heterocycles. The van der Waals surface area contributed by atoms with Crippen LogP contribution in [-0.4, -0.2) is 83.1 Å². The number of halogens is 6. The molecule has 1 amide bonds. The number of alkyl halides is 6. The fourth-order valence-electron chi connectivity index (χ4n) is 4.23. The lowest BCUT2D eigenvalue weighted by Crippen LogP contribution is -2.38. The number of aromatic nitrogens is 1. The normalized spacial score (nSPS) is 23.2. The van der Waals surface area contributed by atoms with E-state index in [4.69, 9.17) is 24.5 Å². The van der Waals surface area contributed by atoms with Crippen molar-refractivity contribution in [2.24, 2.45) is 23.7 Å². The number of ether oxygens (including phenoxy) is 1. The number of rotatable bonds is 6. The van der Waals surface area contributed by atoms with E-state index in [9.17, 15) is 31.1 Å². The van der Waals surface area contributed by atoms with Gasteiger partial charge >= 0.3 is 24.3 Å². The zero-order valence-electron chi connectivity index (χ0n) is 20.2. The van der Waals surface area contributed by atoms with Crippen LogP contribution in [0.15, 0.2) is 24.5 Å². The van der Waals surface area contributed by atoms with E-state index in [2.05, 4.69) is 15.2 Å². The lowest BCUT2D eigenvalue weighted by Gasteiger charge is -2.32. The summed E-state index contributed by atoms with van der Waals surface area (Å²) in [6.07, 6.45) is -3.23. The number of carboxylic acid groups (broad SMARTS) is 2. The van der Waals surface area contributed by atoms with E-state index >= 15 is 0 Å². The summed E-state index contributed by atoms with van der Waals surface area (Å²) in [5.74, 6) is -2.84. The second kappa shape index (κ2) is 13.7. The summed E-state index contributed by atoms with van der Waals surface area (Å²) in [7, 11) is 0. The number of carbonyl (C=O) groups excluding carboxylic acids is 1. The fraction of sp³-hybridized carbons (Fsp3) is 0.652. The number of carboxylic acids is 2. The monoisotopic (exact) mass is 557 g/mol. The maximum atomic E-state index is 12.3. The Kier molecular flexibility index (Phi) is 11.3. The molecule has 3 fully saturated rings. The molecule has 4 rings (SSSR count). The van der Waals surface area contributed by atoms with Crippen LogP contribution in [0.5, 0.6) is 0 Å². The van der Waals surface area contributed by atoms with Crippen molar-refractivity contribution in [3.8, 4) is 0 Å². The quantitative estimate of drug-likeness (QED) is 0.456. The highest BCUT2D eigenvalue weighted by molar-refractivity contribution is 5.76. The second-order valence-electron chi connectivity index (χ2n) is 9.33. The van der Waals surface area contributed by atoms with Crippen molar-refractivity contribution in [1.29, 1.82) is 0 Å². The maximum Gasteiger partial charge on any atom is 0.490 e. The van der Waals surface area contributed by atoms with Crippen molar-refractivity contribution in [1.82, 2.24) is 15.2 Å². The standard InChI is InChI=1S/C19H27N3O2.2C2HF3O2/c23-19(21-8-15-2-1-5-20-7-15)6-16-12-24-13-17-10-22(11-18(16)17)9-14-3-4-14;2*3-2(4,5)1(6)7/h1-2,5,7,14,16-18H,3-4,6,8-13H2,(H,21,23);2*(H,6,7)/t16-,17-,18+;;/m1../s1. The van der Waals surface area contributed by atoms with Crippen molar-refractivity contribution in [3.63, 3.8) is 0 Å². The molecule has 3 aliphatic rings. The summed E-state index contributed by atoms with van der Waals surface area (Å²) in [6.45, 7) is 5.74. The van der Waals surface area contributed by atoms with Gasteiger partial charge in [0.15, 0.2) is 0 Å². The SMILES string of the molecule is O=C(C[C@@H]1COC[C@H]2CN(CC3CC3)C[C@@H]12)NCc1cccnc1.O=C(O)C(F)(F)F.O=C(O)C(F)(F)F. The molecule has 0 bridgehead atoms. The predicted octanol–water partition coefficient (Wildman–Crippen LogP) is 2.96. The molecule has 0 unspecified atom stereocenters. The van der Waals surface area contributed by atoms with Gasteiger partial charge in [0.1, 0.15) is 0 Å². The third-order valence-corrected chi connectivity index (χ3v) is 6.19. The maximum absolute atomic E-state index is 12.3. The molecule has 0 radical (unpaired) electrons. The fourth-order valence-corrected chi connectivity index (χ4v) is 4.23. The van der Waals surface area contributed by atoms with E-state index in [1.165, 1.54) is 19.4 Å². The van der Waals surface area contributed by atoms with Crippen LogP contribution in [0, 0.1) is 23.7 Å². The molecule has 9 nitrogen and oxygen atoms in total. The van der Waals surface area contributed by atoms with E-state index in [0.717, 1.165) is 37.8 Å². The Morgan fingerprint density at radius 2 is 1.63 bits per heavy atom. The zero-order valence-corrected chi connectivity index (χ0v) is 20.2. The zero-order chi connectivity index (χ0) is 28.5. The predicted molar refractivity (Wildman–Crippen MR) is 119 cm³/mol. The Morgan fingerprint density at radius 1 is 1.03 bits per heavy atom. The summed E-state index contributed by atoms with van der Waals surface area (Å²) >= 11 is 0. The Hall–Kier alpha value is -2.94. The number of nitrogens with zero attached hydrogens (tertiary/aromatic N) is 2. The van der Waals surface area contributed by atoms with Gasteiger partial charge in [0.05, 0.1) is 13.2 Å². The van der Waals surface area contributed by atoms with Crippen molar-refractivity contribution in [3.05, 3.63) is 30.1 Å². The highest BCUT2D eigenvalue weighted by atomic mass is 19.4. The Morgan fingerprint density at radius 3 is 2.13 bits per heavy atom. The van der Waals surface area contributed by atoms with E-state index in [0.29, 0.717) is 30.7 Å². The van der Waals surface area contributed by atoms with Crippen molar-refractivity contribution in [2.75, 3.05) is 32.8 Å². The van der Waals surface area contributed by atoms with Crippen LogP contribution in [-0.2, 0) is 25.7 Å². The molecule has 214 valence electrons. The molecule has 3 N–H and O–H groups in total. The molecular formula is C23H29F6N3O6. The van der Waals surface area contributed by atoms with Crippen LogP contribution in [0.1, 0.15) is 24.8 Å². The van der Waals surface area contributed by atoms with Crippen LogP contribution in [0.4, 0.5) is 26.3 Å². The summed E-state index contributed by atoms with van der Waals surface area (Å²) in [4.78, 5) is 36.8. The van der Waals surface area contributed by atoms with Gasteiger partial charge in [-0.3, -0.25) is 9.78 Å². The van der Waals surface area contributed by atoms with Gasteiger partial charge in [0.2, 0.25) is 5.91 Å². The topological polar surface area (TPSA) is 129 Å². The average Bonchev–Trinajstić information content (AvgIpc) is 3.54. The van der Waals surface area contributed by atoms with Gasteiger partial charge in [0.25, 0.3) is 0 Å². The number of fused-ring (bicyclic) bond motifs is 1. The molecule has 1 aromatic rings. The smallest absolute Gasteiger partial charge is 0.475 e. The Labute approximate surface area is 214 Å². The van der Waals surface area contributed by atoms with Gasteiger partial charge < -0.3 is 25.2 Å². The lowest BCUT2D eigenvalue weighted by atomic mass is 9.81. The Balaban J connectivity index is 0.000000301. The number of amides is 1. The number of carbonyl (C=O) groups is 3. The van der Waals surface area contributed by atoms with Gasteiger partial charge in [-0.1, -0.05) is 6.07 Å².